The van der Waals surface area contributed by atoms with Gasteiger partial charge < -0.3 is 14.9 Å². The van der Waals surface area contributed by atoms with Crippen molar-refractivity contribution in [2.45, 2.75) is 163 Å². The topological polar surface area (TPSA) is 66.8 Å². The minimum Gasteiger partial charge on any atom is -0.462 e. The smallest absolute Gasteiger partial charge is 0.306 e. The van der Waals surface area contributed by atoms with E-state index in [-0.39, 0.29) is 24.3 Å². The van der Waals surface area contributed by atoms with Gasteiger partial charge in [0.15, 0.2) is 0 Å². The highest BCUT2D eigenvalue weighted by atomic mass is 16.5. The fraction of sp³-hybridized carbons (Fsp3) is 0.968. The van der Waals surface area contributed by atoms with Gasteiger partial charge in [0.25, 0.3) is 0 Å². The van der Waals surface area contributed by atoms with Crippen molar-refractivity contribution in [1.82, 2.24) is 0 Å². The highest BCUT2D eigenvalue weighted by Gasteiger charge is 2.29. The number of esters is 1. The molecule has 3 aliphatic rings. The molecule has 0 amide bonds. The lowest BCUT2D eigenvalue weighted by molar-refractivity contribution is -0.154. The average molecular weight is 497 g/mol. The normalized spacial score (nSPS) is 31.5. The molecule has 208 valence electrons. The van der Waals surface area contributed by atoms with Gasteiger partial charge in [-0.05, 0) is 93.3 Å². The Morgan fingerprint density at radius 3 is 2.11 bits per heavy atom. The number of carbonyl (C=O) groups is 1. The van der Waals surface area contributed by atoms with Crippen molar-refractivity contribution in [3.63, 3.8) is 0 Å². The van der Waals surface area contributed by atoms with Crippen molar-refractivity contribution in [3.05, 3.63) is 0 Å². The van der Waals surface area contributed by atoms with E-state index in [0.29, 0.717) is 23.7 Å². The van der Waals surface area contributed by atoms with Crippen molar-refractivity contribution >= 4 is 5.97 Å². The van der Waals surface area contributed by atoms with Gasteiger partial charge in [-0.2, -0.15) is 0 Å². The van der Waals surface area contributed by atoms with Crippen LogP contribution in [0.2, 0.25) is 0 Å². The summed E-state index contributed by atoms with van der Waals surface area (Å²) >= 11 is 0. The Kier molecular flexibility index (Phi) is 15.7. The molecule has 0 radical (unpaired) electrons. The Hall–Kier alpha value is -0.610. The summed E-state index contributed by atoms with van der Waals surface area (Å²) in [6, 6.07) is 0. The lowest BCUT2D eigenvalue weighted by Gasteiger charge is -2.35. The van der Waals surface area contributed by atoms with E-state index >= 15 is 0 Å². The third kappa shape index (κ3) is 14.1. The first kappa shape index (κ1) is 32.4. The molecular formula is C31H60O4. The predicted molar refractivity (Wildman–Crippen MR) is 147 cm³/mol. The third-order valence-electron chi connectivity index (χ3n) is 8.49. The molecule has 4 atom stereocenters. The molecule has 0 bridgehead atoms. The summed E-state index contributed by atoms with van der Waals surface area (Å²) in [7, 11) is 0. The summed E-state index contributed by atoms with van der Waals surface area (Å²) < 4.78 is 5.23. The standard InChI is InChI=1S/C11H20O2.2C10H20O/c1-2-3-4-5-7-10-8-6-9-11(12)13-10;1-10(2,3)8-4-6-9(11)7-5-8;1-7(2)9-5-4-8(3)6-10(9)11/h10H,2-9H2,1H3;8-9,11H,4-7H2,1-3H3;7-11H,4-6H2,1-3H3. The van der Waals surface area contributed by atoms with Crippen molar-refractivity contribution in [2.75, 3.05) is 0 Å². The van der Waals surface area contributed by atoms with Gasteiger partial charge in [-0.1, -0.05) is 74.1 Å². The van der Waals surface area contributed by atoms with E-state index in [9.17, 15) is 15.0 Å². The number of hydrogen-bond donors (Lipinski definition) is 2. The SMILES string of the molecule is CC(C)(C)C1CCC(O)CC1.CC1CCC(C(C)C)C(O)C1.CCCCCCC1CCCC(=O)O1. The number of aliphatic hydroxyl groups excluding tert-OH is 2. The zero-order chi connectivity index (χ0) is 26.4. The Bertz CT molecular complexity index is 542. The van der Waals surface area contributed by atoms with Crippen molar-refractivity contribution in [3.8, 4) is 0 Å². The van der Waals surface area contributed by atoms with Gasteiger partial charge in [-0.3, -0.25) is 4.79 Å². The highest BCUT2D eigenvalue weighted by molar-refractivity contribution is 5.70. The summed E-state index contributed by atoms with van der Waals surface area (Å²) in [5.74, 6) is 2.78. The molecule has 35 heavy (non-hydrogen) atoms. The van der Waals surface area contributed by atoms with Crippen LogP contribution in [0.3, 0.4) is 0 Å². The van der Waals surface area contributed by atoms with Crippen LogP contribution in [-0.4, -0.2) is 34.5 Å². The second-order valence-corrected chi connectivity index (χ2v) is 13.1. The summed E-state index contributed by atoms with van der Waals surface area (Å²) in [4.78, 5) is 10.9. The fourth-order valence-corrected chi connectivity index (χ4v) is 5.87. The lowest BCUT2D eigenvalue weighted by atomic mass is 9.72. The summed E-state index contributed by atoms with van der Waals surface area (Å²) in [6.45, 7) is 15.8. The summed E-state index contributed by atoms with van der Waals surface area (Å²) in [6.07, 6.45) is 17.1. The molecule has 1 heterocycles. The molecule has 0 aromatic heterocycles. The van der Waals surface area contributed by atoms with E-state index in [1.54, 1.807) is 0 Å². The molecule has 1 saturated heterocycles. The van der Waals surface area contributed by atoms with Crippen LogP contribution in [0, 0.1) is 29.1 Å². The largest absolute Gasteiger partial charge is 0.462 e. The Morgan fingerprint density at radius 2 is 1.60 bits per heavy atom. The second kappa shape index (κ2) is 17.0. The monoisotopic (exact) mass is 496 g/mol. The Balaban J connectivity index is 0.000000264. The quantitative estimate of drug-likeness (QED) is 0.288. The number of aliphatic hydroxyl groups is 2. The fourth-order valence-electron chi connectivity index (χ4n) is 5.87. The van der Waals surface area contributed by atoms with E-state index in [2.05, 4.69) is 48.5 Å². The van der Waals surface area contributed by atoms with Crippen LogP contribution in [0.1, 0.15) is 145 Å². The number of hydrogen-bond acceptors (Lipinski definition) is 4. The maximum absolute atomic E-state index is 10.9. The maximum Gasteiger partial charge on any atom is 0.306 e. The minimum absolute atomic E-state index is 0.00593. The van der Waals surface area contributed by atoms with E-state index in [4.69, 9.17) is 4.74 Å². The van der Waals surface area contributed by atoms with Crippen LogP contribution in [0.25, 0.3) is 0 Å². The molecule has 1 aliphatic heterocycles. The maximum atomic E-state index is 10.9. The predicted octanol–water partition coefficient (Wildman–Crippen LogP) is 8.08. The van der Waals surface area contributed by atoms with Crippen LogP contribution in [0.15, 0.2) is 0 Å². The number of cyclic esters (lactones) is 1. The minimum atomic E-state index is -0.0289. The molecule has 0 aromatic rings. The molecule has 4 heteroatoms. The van der Waals surface area contributed by atoms with E-state index in [1.165, 1.54) is 51.4 Å². The molecular weight excluding hydrogens is 436 g/mol. The molecule has 0 spiro atoms. The zero-order valence-electron chi connectivity index (χ0n) is 24.4. The van der Waals surface area contributed by atoms with Crippen molar-refractivity contribution in [2.24, 2.45) is 29.1 Å². The summed E-state index contributed by atoms with van der Waals surface area (Å²) in [5, 5.41) is 19.0. The number of unbranched alkanes of at least 4 members (excludes halogenated alkanes) is 3. The van der Waals surface area contributed by atoms with Gasteiger partial charge in [0.05, 0.1) is 12.2 Å². The number of ether oxygens (including phenoxy) is 1. The van der Waals surface area contributed by atoms with Crippen LogP contribution in [0.4, 0.5) is 0 Å². The van der Waals surface area contributed by atoms with Gasteiger partial charge in [-0.25, -0.2) is 0 Å². The summed E-state index contributed by atoms with van der Waals surface area (Å²) in [5.41, 5.74) is 0.445. The number of rotatable bonds is 6. The first-order chi connectivity index (χ1) is 16.4. The lowest BCUT2D eigenvalue weighted by Crippen LogP contribution is -2.31. The highest BCUT2D eigenvalue weighted by Crippen LogP contribution is 2.37. The van der Waals surface area contributed by atoms with Gasteiger partial charge in [0.2, 0.25) is 0 Å². The van der Waals surface area contributed by atoms with Crippen LogP contribution >= 0.6 is 0 Å². The Labute approximate surface area is 218 Å². The molecule has 3 fully saturated rings. The van der Waals surface area contributed by atoms with Gasteiger partial charge in [-0.15, -0.1) is 0 Å². The Morgan fingerprint density at radius 1 is 0.943 bits per heavy atom. The van der Waals surface area contributed by atoms with Gasteiger partial charge in [0, 0.05) is 6.42 Å². The van der Waals surface area contributed by atoms with Crippen molar-refractivity contribution < 1.29 is 19.7 Å². The van der Waals surface area contributed by atoms with Crippen LogP contribution in [-0.2, 0) is 9.53 Å². The molecule has 4 unspecified atom stereocenters. The second-order valence-electron chi connectivity index (χ2n) is 13.1. The molecule has 0 aromatic carbocycles. The van der Waals surface area contributed by atoms with Gasteiger partial charge >= 0.3 is 5.97 Å². The molecule has 4 nitrogen and oxygen atoms in total. The van der Waals surface area contributed by atoms with Gasteiger partial charge in [0.1, 0.15) is 6.10 Å². The van der Waals surface area contributed by atoms with E-state index in [1.807, 2.05) is 0 Å². The van der Waals surface area contributed by atoms with E-state index < -0.39 is 0 Å². The third-order valence-corrected chi connectivity index (χ3v) is 8.49. The van der Waals surface area contributed by atoms with Crippen molar-refractivity contribution in [1.29, 1.82) is 0 Å². The first-order valence-electron chi connectivity index (χ1n) is 15.0. The molecule has 2 N–H and O–H groups in total. The molecule has 2 aliphatic carbocycles. The molecule has 3 rings (SSSR count). The van der Waals surface area contributed by atoms with E-state index in [0.717, 1.165) is 50.4 Å². The zero-order valence-corrected chi connectivity index (χ0v) is 24.4. The van der Waals surface area contributed by atoms with Crippen LogP contribution in [0.5, 0.6) is 0 Å². The number of carbonyl (C=O) groups excluding carboxylic acids is 1. The molecule has 2 saturated carbocycles. The van der Waals surface area contributed by atoms with Crippen LogP contribution < -0.4 is 0 Å². The average Bonchev–Trinajstić information content (AvgIpc) is 2.77. The first-order valence-corrected chi connectivity index (χ1v) is 15.0.